The van der Waals surface area contributed by atoms with E-state index in [1.807, 2.05) is 0 Å². The molecule has 4 bridgehead atoms. The summed E-state index contributed by atoms with van der Waals surface area (Å²) < 4.78 is 0. The molecule has 0 aromatic carbocycles. The van der Waals surface area contributed by atoms with Crippen LogP contribution in [0.25, 0.3) is 0 Å². The van der Waals surface area contributed by atoms with Gasteiger partial charge in [0.2, 0.25) is 0 Å². The first-order valence-electron chi connectivity index (χ1n) is 9.22. The van der Waals surface area contributed by atoms with Crippen molar-refractivity contribution in [3.8, 4) is 0 Å². The van der Waals surface area contributed by atoms with E-state index in [1.165, 1.54) is 32.6 Å². The molecule has 4 saturated carbocycles. The minimum absolute atomic E-state index is 0.788. The molecule has 0 aromatic rings. The third-order valence-corrected chi connectivity index (χ3v) is 7.16. The SMILES string of the molecule is CC[C@H](C)N1CCN(C2C3CC4CC(C3)CC2C4)CC1. The minimum atomic E-state index is 0.788. The Bertz CT molecular complexity index is 317. The minimum Gasteiger partial charge on any atom is -0.298 e. The molecule has 5 aliphatic rings. The molecule has 5 rings (SSSR count). The molecule has 2 nitrogen and oxygen atoms in total. The summed E-state index contributed by atoms with van der Waals surface area (Å²) in [6, 6.07) is 1.76. The van der Waals surface area contributed by atoms with Crippen LogP contribution in [0.5, 0.6) is 0 Å². The molecule has 1 saturated heterocycles. The molecular weight excluding hydrogens is 244 g/mol. The average Bonchev–Trinajstić information content (AvgIpc) is 2.46. The highest BCUT2D eigenvalue weighted by molar-refractivity contribution is 5.02. The van der Waals surface area contributed by atoms with E-state index in [0.29, 0.717) is 0 Å². The van der Waals surface area contributed by atoms with Crippen molar-refractivity contribution in [3.63, 3.8) is 0 Å². The molecule has 1 aliphatic heterocycles. The summed E-state index contributed by atoms with van der Waals surface area (Å²) in [4.78, 5) is 5.62. The lowest BCUT2D eigenvalue weighted by molar-refractivity contribution is -0.0787. The van der Waals surface area contributed by atoms with E-state index >= 15 is 0 Å². The van der Waals surface area contributed by atoms with Gasteiger partial charge in [0.25, 0.3) is 0 Å². The van der Waals surface area contributed by atoms with Crippen molar-refractivity contribution < 1.29 is 0 Å². The zero-order valence-electron chi connectivity index (χ0n) is 13.4. The topological polar surface area (TPSA) is 6.48 Å². The Hall–Kier alpha value is -0.0800. The second kappa shape index (κ2) is 5.28. The lowest BCUT2D eigenvalue weighted by Crippen LogP contribution is -2.60. The average molecular weight is 276 g/mol. The lowest BCUT2D eigenvalue weighted by atomic mass is 9.54. The van der Waals surface area contributed by atoms with Crippen LogP contribution in [0, 0.1) is 23.7 Å². The molecular formula is C18H32N2. The summed E-state index contributed by atoms with van der Waals surface area (Å²) in [6.07, 6.45) is 9.18. The van der Waals surface area contributed by atoms with Crippen LogP contribution in [-0.2, 0) is 0 Å². The van der Waals surface area contributed by atoms with Crippen molar-refractivity contribution in [2.75, 3.05) is 26.2 Å². The molecule has 0 aromatic heterocycles. The summed E-state index contributed by atoms with van der Waals surface area (Å²) in [7, 11) is 0. The largest absolute Gasteiger partial charge is 0.298 e. The van der Waals surface area contributed by atoms with Crippen molar-refractivity contribution >= 4 is 0 Å². The molecule has 5 fully saturated rings. The maximum atomic E-state index is 2.91. The van der Waals surface area contributed by atoms with Gasteiger partial charge < -0.3 is 0 Å². The predicted octanol–water partition coefficient (Wildman–Crippen LogP) is 3.23. The molecule has 4 aliphatic carbocycles. The second-order valence-electron chi connectivity index (χ2n) is 8.25. The molecule has 2 heteroatoms. The van der Waals surface area contributed by atoms with Crippen LogP contribution >= 0.6 is 0 Å². The van der Waals surface area contributed by atoms with E-state index in [2.05, 4.69) is 23.6 Å². The second-order valence-corrected chi connectivity index (χ2v) is 8.25. The summed E-state index contributed by atoms with van der Waals surface area (Å²) in [5, 5.41) is 0. The Morgan fingerprint density at radius 1 is 0.850 bits per heavy atom. The summed E-state index contributed by atoms with van der Waals surface area (Å²) >= 11 is 0. The van der Waals surface area contributed by atoms with Crippen LogP contribution in [0.2, 0.25) is 0 Å². The first kappa shape index (κ1) is 13.6. The highest BCUT2D eigenvalue weighted by Gasteiger charge is 2.50. The first-order chi connectivity index (χ1) is 9.74. The van der Waals surface area contributed by atoms with Gasteiger partial charge in [-0.15, -0.1) is 0 Å². The van der Waals surface area contributed by atoms with Gasteiger partial charge in [0.15, 0.2) is 0 Å². The molecule has 1 heterocycles. The van der Waals surface area contributed by atoms with Gasteiger partial charge in [-0.05, 0) is 69.1 Å². The normalized spacial score (nSPS) is 46.8. The van der Waals surface area contributed by atoms with Crippen LogP contribution in [-0.4, -0.2) is 48.1 Å². The highest BCUT2D eigenvalue weighted by atomic mass is 15.3. The zero-order valence-corrected chi connectivity index (χ0v) is 13.4. The Balaban J connectivity index is 1.40. The molecule has 20 heavy (non-hydrogen) atoms. The quantitative estimate of drug-likeness (QED) is 0.781. The Labute approximate surface area is 124 Å². The fourth-order valence-electron chi connectivity index (χ4n) is 6.23. The molecule has 0 unspecified atom stereocenters. The van der Waals surface area contributed by atoms with Gasteiger partial charge >= 0.3 is 0 Å². The van der Waals surface area contributed by atoms with Gasteiger partial charge in [-0.1, -0.05) is 6.92 Å². The Kier molecular flexibility index (Phi) is 3.58. The predicted molar refractivity (Wildman–Crippen MR) is 83.7 cm³/mol. The van der Waals surface area contributed by atoms with E-state index in [1.54, 1.807) is 32.1 Å². The monoisotopic (exact) mass is 276 g/mol. The van der Waals surface area contributed by atoms with Crippen molar-refractivity contribution in [1.29, 1.82) is 0 Å². The fourth-order valence-corrected chi connectivity index (χ4v) is 6.23. The van der Waals surface area contributed by atoms with Crippen molar-refractivity contribution in [2.24, 2.45) is 23.7 Å². The highest BCUT2D eigenvalue weighted by Crippen LogP contribution is 2.55. The fraction of sp³-hybridized carbons (Fsp3) is 1.00. The van der Waals surface area contributed by atoms with Crippen LogP contribution < -0.4 is 0 Å². The van der Waals surface area contributed by atoms with Crippen molar-refractivity contribution in [2.45, 2.75) is 64.5 Å². The van der Waals surface area contributed by atoms with Crippen LogP contribution in [0.3, 0.4) is 0 Å². The lowest BCUT2D eigenvalue weighted by Gasteiger charge is -2.58. The molecule has 1 atom stereocenters. The molecule has 0 spiro atoms. The van der Waals surface area contributed by atoms with Crippen LogP contribution in [0.15, 0.2) is 0 Å². The number of hydrogen-bond donors (Lipinski definition) is 0. The van der Waals surface area contributed by atoms with E-state index in [9.17, 15) is 0 Å². The molecule has 114 valence electrons. The molecule has 0 radical (unpaired) electrons. The van der Waals surface area contributed by atoms with Gasteiger partial charge in [-0.25, -0.2) is 0 Å². The van der Waals surface area contributed by atoms with E-state index in [4.69, 9.17) is 0 Å². The standard InChI is InChI=1S/C18H32N2/c1-3-13(2)19-4-6-20(7-5-19)18-16-9-14-8-15(11-16)12-17(18)10-14/h13-18H,3-12H2,1-2H3/t13-,14?,15?,16?,17?,18?/m0/s1. The van der Waals surface area contributed by atoms with Crippen LogP contribution in [0.1, 0.15) is 52.4 Å². The number of hydrogen-bond acceptors (Lipinski definition) is 2. The molecule has 0 amide bonds. The van der Waals surface area contributed by atoms with E-state index < -0.39 is 0 Å². The van der Waals surface area contributed by atoms with E-state index in [-0.39, 0.29) is 0 Å². The zero-order chi connectivity index (χ0) is 13.7. The summed E-state index contributed by atoms with van der Waals surface area (Å²) in [5.74, 6) is 4.38. The Morgan fingerprint density at radius 3 is 1.90 bits per heavy atom. The Morgan fingerprint density at radius 2 is 1.40 bits per heavy atom. The maximum absolute atomic E-state index is 2.91. The smallest absolute Gasteiger partial charge is 0.0153 e. The summed E-state index contributed by atoms with van der Waals surface area (Å²) in [5.41, 5.74) is 0. The van der Waals surface area contributed by atoms with Crippen LogP contribution in [0.4, 0.5) is 0 Å². The summed E-state index contributed by atoms with van der Waals surface area (Å²) in [6.45, 7) is 10.1. The number of piperazine rings is 1. The van der Waals surface area contributed by atoms with Gasteiger partial charge in [0.1, 0.15) is 0 Å². The first-order valence-corrected chi connectivity index (χ1v) is 9.22. The van der Waals surface area contributed by atoms with Crippen molar-refractivity contribution in [3.05, 3.63) is 0 Å². The maximum Gasteiger partial charge on any atom is 0.0153 e. The van der Waals surface area contributed by atoms with Gasteiger partial charge in [-0.2, -0.15) is 0 Å². The molecule has 0 N–H and O–H groups in total. The van der Waals surface area contributed by atoms with E-state index in [0.717, 1.165) is 35.8 Å². The third-order valence-electron chi connectivity index (χ3n) is 7.16. The van der Waals surface area contributed by atoms with Gasteiger partial charge in [0.05, 0.1) is 0 Å². The van der Waals surface area contributed by atoms with Gasteiger partial charge in [0, 0.05) is 38.3 Å². The third kappa shape index (κ3) is 2.23. The number of nitrogens with zero attached hydrogens (tertiary/aromatic N) is 2. The number of rotatable bonds is 3. The van der Waals surface area contributed by atoms with Crippen molar-refractivity contribution in [1.82, 2.24) is 9.80 Å². The van der Waals surface area contributed by atoms with Gasteiger partial charge in [-0.3, -0.25) is 9.80 Å².